The standard InChI is InChI=1S/C19H24N2O3/c1-18(2,3)15(22)12-21-16(23)19(20-17(21)24)11-7-6-9-13-8-4-5-10-14(13)19/h4-5,8,10H,6-7,9,11-12H2,1-3H3,(H,20,24)/t19-/m0/s1. The molecule has 0 unspecified atom stereocenters. The molecule has 3 rings (SSSR count). The quantitative estimate of drug-likeness (QED) is 0.849. The molecule has 5 nitrogen and oxygen atoms in total. The van der Waals surface area contributed by atoms with Gasteiger partial charge in [-0.3, -0.25) is 14.5 Å². The van der Waals surface area contributed by atoms with Crippen LogP contribution in [-0.2, 0) is 21.5 Å². The van der Waals surface area contributed by atoms with Crippen LogP contribution in [-0.4, -0.2) is 29.2 Å². The molecule has 0 aromatic heterocycles. The third-order valence-corrected chi connectivity index (χ3v) is 5.04. The monoisotopic (exact) mass is 328 g/mol. The maximum atomic E-state index is 13.2. The number of amides is 3. The number of carbonyl (C=O) groups is 3. The van der Waals surface area contributed by atoms with Gasteiger partial charge in [0.1, 0.15) is 5.54 Å². The molecule has 3 amide bonds. The molecule has 1 fully saturated rings. The Morgan fingerprint density at radius 3 is 2.62 bits per heavy atom. The second-order valence-corrected chi connectivity index (χ2v) is 7.76. The fraction of sp³-hybridized carbons (Fsp3) is 0.526. The van der Waals surface area contributed by atoms with Crippen LogP contribution >= 0.6 is 0 Å². The summed E-state index contributed by atoms with van der Waals surface area (Å²) in [5.41, 5.74) is 0.388. The van der Waals surface area contributed by atoms with E-state index in [1.54, 1.807) is 20.8 Å². The molecule has 1 aromatic rings. The lowest BCUT2D eigenvalue weighted by Crippen LogP contribution is -2.45. The van der Waals surface area contributed by atoms with E-state index in [2.05, 4.69) is 5.32 Å². The molecule has 1 atom stereocenters. The third kappa shape index (κ3) is 2.62. The zero-order valence-electron chi connectivity index (χ0n) is 14.5. The van der Waals surface area contributed by atoms with Gasteiger partial charge in [0.15, 0.2) is 5.78 Å². The van der Waals surface area contributed by atoms with Crippen molar-refractivity contribution in [3.8, 4) is 0 Å². The van der Waals surface area contributed by atoms with Gasteiger partial charge < -0.3 is 5.32 Å². The zero-order valence-corrected chi connectivity index (χ0v) is 14.5. The van der Waals surface area contributed by atoms with Crippen LogP contribution in [0.5, 0.6) is 0 Å². The van der Waals surface area contributed by atoms with Crippen LogP contribution in [0.15, 0.2) is 24.3 Å². The number of rotatable bonds is 2. The summed E-state index contributed by atoms with van der Waals surface area (Å²) in [6, 6.07) is 7.34. The van der Waals surface area contributed by atoms with Crippen molar-refractivity contribution in [2.75, 3.05) is 6.54 Å². The predicted octanol–water partition coefficient (Wildman–Crippen LogP) is 2.78. The Bertz CT molecular complexity index is 705. The van der Waals surface area contributed by atoms with Gasteiger partial charge in [-0.25, -0.2) is 4.79 Å². The summed E-state index contributed by atoms with van der Waals surface area (Å²) in [6.07, 6.45) is 3.33. The molecule has 5 heteroatoms. The summed E-state index contributed by atoms with van der Waals surface area (Å²) in [5.74, 6) is -0.413. The molecule has 1 N–H and O–H groups in total. The summed E-state index contributed by atoms with van der Waals surface area (Å²) in [6.45, 7) is 5.22. The smallest absolute Gasteiger partial charge is 0.319 e. The van der Waals surface area contributed by atoms with Crippen LogP contribution in [0, 0.1) is 5.41 Å². The average Bonchev–Trinajstić information content (AvgIpc) is 2.68. The van der Waals surface area contributed by atoms with Crippen LogP contribution in [0.25, 0.3) is 0 Å². The first-order valence-electron chi connectivity index (χ1n) is 8.51. The van der Waals surface area contributed by atoms with Crippen LogP contribution in [0.4, 0.5) is 4.79 Å². The maximum absolute atomic E-state index is 13.2. The van der Waals surface area contributed by atoms with Crippen molar-refractivity contribution in [3.05, 3.63) is 35.4 Å². The summed E-state index contributed by atoms with van der Waals surface area (Å²) < 4.78 is 0. The molecule has 1 aliphatic carbocycles. The number of carbonyl (C=O) groups excluding carboxylic acids is 3. The Morgan fingerprint density at radius 2 is 1.92 bits per heavy atom. The minimum Gasteiger partial charge on any atom is -0.319 e. The highest BCUT2D eigenvalue weighted by Gasteiger charge is 2.53. The number of benzene rings is 1. The van der Waals surface area contributed by atoms with Crippen molar-refractivity contribution >= 4 is 17.7 Å². The van der Waals surface area contributed by atoms with Crippen molar-refractivity contribution in [3.63, 3.8) is 0 Å². The molecular weight excluding hydrogens is 304 g/mol. The minimum atomic E-state index is -1.01. The Balaban J connectivity index is 1.98. The van der Waals surface area contributed by atoms with E-state index in [4.69, 9.17) is 0 Å². The fourth-order valence-corrected chi connectivity index (χ4v) is 3.50. The van der Waals surface area contributed by atoms with Gasteiger partial charge in [-0.1, -0.05) is 45.0 Å². The number of Topliss-reactive ketones (excluding diaryl/α,β-unsaturated/α-hetero) is 1. The first kappa shape index (κ1) is 16.7. The van der Waals surface area contributed by atoms with Crippen LogP contribution < -0.4 is 5.32 Å². The van der Waals surface area contributed by atoms with Crippen molar-refractivity contribution in [1.29, 1.82) is 0 Å². The van der Waals surface area contributed by atoms with Crippen LogP contribution in [0.2, 0.25) is 0 Å². The molecule has 1 aromatic carbocycles. The summed E-state index contributed by atoms with van der Waals surface area (Å²) in [7, 11) is 0. The molecule has 0 radical (unpaired) electrons. The zero-order chi connectivity index (χ0) is 17.5. The lowest BCUT2D eigenvalue weighted by molar-refractivity contribution is -0.137. The number of imide groups is 1. The molecule has 24 heavy (non-hydrogen) atoms. The number of aryl methyl sites for hydroxylation is 1. The van der Waals surface area contributed by atoms with Gasteiger partial charge in [0.05, 0.1) is 6.54 Å². The topological polar surface area (TPSA) is 66.5 Å². The van der Waals surface area contributed by atoms with Crippen LogP contribution in [0.1, 0.15) is 51.2 Å². The van der Waals surface area contributed by atoms with E-state index in [0.717, 1.165) is 35.3 Å². The van der Waals surface area contributed by atoms with Gasteiger partial charge in [0, 0.05) is 5.41 Å². The highest BCUT2D eigenvalue weighted by Crippen LogP contribution is 2.39. The molecule has 0 bridgehead atoms. The summed E-state index contributed by atoms with van der Waals surface area (Å²) in [5, 5.41) is 2.91. The SMILES string of the molecule is CC(C)(C)C(=O)CN1C(=O)N[C@]2(CCCCc3ccccc32)C1=O. The highest BCUT2D eigenvalue weighted by atomic mass is 16.2. The number of nitrogens with zero attached hydrogens (tertiary/aromatic N) is 1. The summed E-state index contributed by atoms with van der Waals surface area (Å²) in [4.78, 5) is 39.1. The molecule has 1 spiro atoms. The molecule has 1 heterocycles. The van der Waals surface area contributed by atoms with Crippen molar-refractivity contribution in [2.45, 2.75) is 52.0 Å². The first-order valence-corrected chi connectivity index (χ1v) is 8.51. The molecule has 0 saturated carbocycles. The molecule has 128 valence electrons. The van der Waals surface area contributed by atoms with Crippen molar-refractivity contribution in [2.24, 2.45) is 5.41 Å². The Morgan fingerprint density at radius 1 is 1.21 bits per heavy atom. The summed E-state index contributed by atoms with van der Waals surface area (Å²) >= 11 is 0. The van der Waals surface area contributed by atoms with Gasteiger partial charge in [-0.05, 0) is 36.8 Å². The average molecular weight is 328 g/mol. The van der Waals surface area contributed by atoms with Gasteiger partial charge in [-0.15, -0.1) is 0 Å². The third-order valence-electron chi connectivity index (χ3n) is 5.04. The largest absolute Gasteiger partial charge is 0.325 e. The maximum Gasteiger partial charge on any atom is 0.325 e. The molecule has 2 aliphatic rings. The van der Waals surface area contributed by atoms with Crippen molar-refractivity contribution in [1.82, 2.24) is 10.2 Å². The van der Waals surface area contributed by atoms with E-state index in [9.17, 15) is 14.4 Å². The highest BCUT2D eigenvalue weighted by molar-refractivity contribution is 6.10. The van der Waals surface area contributed by atoms with Crippen LogP contribution in [0.3, 0.4) is 0 Å². The van der Waals surface area contributed by atoms with E-state index < -0.39 is 17.0 Å². The molecule has 1 saturated heterocycles. The first-order chi connectivity index (χ1) is 11.3. The minimum absolute atomic E-state index is 0.120. The Hall–Kier alpha value is -2.17. The van der Waals surface area contributed by atoms with Gasteiger partial charge in [0.2, 0.25) is 0 Å². The van der Waals surface area contributed by atoms with Gasteiger partial charge in [0.25, 0.3) is 5.91 Å². The van der Waals surface area contributed by atoms with E-state index in [1.165, 1.54) is 0 Å². The normalized spacial score (nSPS) is 23.9. The lowest BCUT2D eigenvalue weighted by Gasteiger charge is -2.27. The lowest BCUT2D eigenvalue weighted by atomic mass is 9.84. The number of hydrogen-bond acceptors (Lipinski definition) is 3. The van der Waals surface area contributed by atoms with Gasteiger partial charge >= 0.3 is 6.03 Å². The number of urea groups is 1. The van der Waals surface area contributed by atoms with Gasteiger partial charge in [-0.2, -0.15) is 0 Å². The number of hydrogen-bond donors (Lipinski definition) is 1. The number of ketones is 1. The van der Waals surface area contributed by atoms with E-state index in [0.29, 0.717) is 6.42 Å². The number of nitrogens with one attached hydrogen (secondary N) is 1. The van der Waals surface area contributed by atoms with Crippen molar-refractivity contribution < 1.29 is 14.4 Å². The van der Waals surface area contributed by atoms with E-state index in [-0.39, 0.29) is 18.2 Å². The molecule has 1 aliphatic heterocycles. The predicted molar refractivity (Wildman–Crippen MR) is 90.4 cm³/mol. The Labute approximate surface area is 142 Å². The second-order valence-electron chi connectivity index (χ2n) is 7.76. The van der Waals surface area contributed by atoms with E-state index >= 15 is 0 Å². The van der Waals surface area contributed by atoms with E-state index in [1.807, 2.05) is 24.3 Å². The second kappa shape index (κ2) is 5.72. The Kier molecular flexibility index (Phi) is 3.98. The fourth-order valence-electron chi connectivity index (χ4n) is 3.50. The molecular formula is C19H24N2O3. The number of fused-ring (bicyclic) bond motifs is 2.